The van der Waals surface area contributed by atoms with Gasteiger partial charge in [0.25, 0.3) is 0 Å². The molecular weight excluding hydrogens is 390 g/mol. The highest BCUT2D eigenvalue weighted by Gasteiger charge is 2.25. The van der Waals surface area contributed by atoms with Gasteiger partial charge in [-0.1, -0.05) is 24.3 Å². The van der Waals surface area contributed by atoms with Crippen LogP contribution in [0, 0.1) is 0 Å². The molecular formula is C18H17NO6S2. The first-order valence-electron chi connectivity index (χ1n) is 7.90. The van der Waals surface area contributed by atoms with Crippen LogP contribution in [-0.2, 0) is 14.8 Å². The summed E-state index contributed by atoms with van der Waals surface area (Å²) in [6.45, 7) is -0.237. The molecule has 3 aromatic rings. The van der Waals surface area contributed by atoms with Crippen LogP contribution in [-0.4, -0.2) is 33.1 Å². The van der Waals surface area contributed by atoms with Crippen molar-refractivity contribution in [3.05, 3.63) is 64.5 Å². The lowest BCUT2D eigenvalue weighted by Gasteiger charge is -2.13. The van der Waals surface area contributed by atoms with Crippen molar-refractivity contribution in [2.24, 2.45) is 0 Å². The maximum atomic E-state index is 12.4. The fraction of sp³-hybridized carbons (Fsp3) is 0.167. The van der Waals surface area contributed by atoms with Crippen LogP contribution in [0.25, 0.3) is 11.3 Å². The summed E-state index contributed by atoms with van der Waals surface area (Å²) in [4.78, 5) is 11.5. The zero-order valence-corrected chi connectivity index (χ0v) is 15.9. The van der Waals surface area contributed by atoms with Crippen LogP contribution in [0.2, 0.25) is 0 Å². The molecule has 0 aliphatic rings. The van der Waals surface area contributed by atoms with Crippen molar-refractivity contribution in [2.45, 2.75) is 11.0 Å². The molecule has 0 amide bonds. The number of furan rings is 1. The number of ether oxygens (including phenoxy) is 1. The molecule has 3 rings (SSSR count). The average Bonchev–Trinajstić information content (AvgIpc) is 3.37. The zero-order chi connectivity index (χ0) is 19.4. The fourth-order valence-corrected chi connectivity index (χ4v) is 4.82. The van der Waals surface area contributed by atoms with Gasteiger partial charge in [-0.25, -0.2) is 17.9 Å². The Morgan fingerprint density at radius 2 is 2.00 bits per heavy atom. The number of hydrogen-bond acceptors (Lipinski definition) is 7. The third-order valence-corrected chi connectivity index (χ3v) is 6.35. The number of carbonyl (C=O) groups is 1. The van der Waals surface area contributed by atoms with Gasteiger partial charge in [-0.3, -0.25) is 0 Å². The number of nitrogens with one attached hydrogen (secondary N) is 1. The number of hydrogen-bond donors (Lipinski definition) is 2. The molecule has 0 radical (unpaired) electrons. The number of rotatable bonds is 7. The molecule has 27 heavy (non-hydrogen) atoms. The molecule has 0 spiro atoms. The summed E-state index contributed by atoms with van der Waals surface area (Å²) < 4.78 is 37.1. The fourth-order valence-electron chi connectivity index (χ4n) is 2.45. The number of aliphatic hydroxyl groups excluding tert-OH is 1. The van der Waals surface area contributed by atoms with E-state index >= 15 is 0 Å². The van der Waals surface area contributed by atoms with E-state index in [9.17, 15) is 18.3 Å². The standard InChI is InChI=1S/C18H17NO6S2/c1-24-18(21)17-16(8-10-26-17)27(22,23)19-11-14(20)12-4-6-13(7-5-12)15-3-2-9-25-15/h2-10,14,19-20H,11H2,1H3. The van der Waals surface area contributed by atoms with Crippen LogP contribution in [0.5, 0.6) is 0 Å². The van der Waals surface area contributed by atoms with Gasteiger partial charge in [0.1, 0.15) is 15.5 Å². The summed E-state index contributed by atoms with van der Waals surface area (Å²) in [7, 11) is -2.78. The maximum absolute atomic E-state index is 12.4. The van der Waals surface area contributed by atoms with E-state index in [1.54, 1.807) is 36.6 Å². The van der Waals surface area contributed by atoms with Crippen molar-refractivity contribution < 1.29 is 27.5 Å². The first-order chi connectivity index (χ1) is 12.9. The second-order valence-electron chi connectivity index (χ2n) is 5.57. The van der Waals surface area contributed by atoms with Crippen LogP contribution in [0.3, 0.4) is 0 Å². The topological polar surface area (TPSA) is 106 Å². The molecule has 0 saturated heterocycles. The van der Waals surface area contributed by atoms with E-state index < -0.39 is 22.1 Å². The molecule has 9 heteroatoms. The Morgan fingerprint density at radius 3 is 2.63 bits per heavy atom. The number of aliphatic hydroxyl groups is 1. The molecule has 7 nitrogen and oxygen atoms in total. The van der Waals surface area contributed by atoms with E-state index in [4.69, 9.17) is 4.42 Å². The van der Waals surface area contributed by atoms with Crippen molar-refractivity contribution in [1.82, 2.24) is 4.72 Å². The second-order valence-corrected chi connectivity index (χ2v) is 8.22. The van der Waals surface area contributed by atoms with E-state index in [0.29, 0.717) is 11.3 Å². The quantitative estimate of drug-likeness (QED) is 0.584. The Kier molecular flexibility index (Phi) is 5.76. The Hall–Kier alpha value is -2.46. The number of methoxy groups -OCH3 is 1. The van der Waals surface area contributed by atoms with Crippen molar-refractivity contribution in [2.75, 3.05) is 13.7 Å². The predicted octanol–water partition coefficient (Wildman–Crippen LogP) is 2.81. The number of esters is 1. The molecule has 142 valence electrons. The minimum atomic E-state index is -3.96. The van der Waals surface area contributed by atoms with Gasteiger partial charge < -0.3 is 14.3 Å². The van der Waals surface area contributed by atoms with Crippen LogP contribution >= 0.6 is 11.3 Å². The highest BCUT2D eigenvalue weighted by molar-refractivity contribution is 7.89. The SMILES string of the molecule is COC(=O)c1sccc1S(=O)(=O)NCC(O)c1ccc(-c2ccco2)cc1. The number of benzene rings is 1. The summed E-state index contributed by atoms with van der Waals surface area (Å²) in [5.41, 5.74) is 1.39. The maximum Gasteiger partial charge on any atom is 0.349 e. The molecule has 1 aromatic carbocycles. The molecule has 2 N–H and O–H groups in total. The summed E-state index contributed by atoms with van der Waals surface area (Å²) >= 11 is 0.975. The van der Waals surface area contributed by atoms with Crippen LogP contribution < -0.4 is 4.72 Å². The smallest absolute Gasteiger partial charge is 0.349 e. The van der Waals surface area contributed by atoms with Crippen molar-refractivity contribution in [3.63, 3.8) is 0 Å². The third-order valence-electron chi connectivity index (χ3n) is 3.86. The summed E-state index contributed by atoms with van der Waals surface area (Å²) in [5.74, 6) is -0.0241. The van der Waals surface area contributed by atoms with Gasteiger partial charge in [0.2, 0.25) is 10.0 Å². The van der Waals surface area contributed by atoms with Gasteiger partial charge in [0, 0.05) is 12.1 Å². The van der Waals surface area contributed by atoms with E-state index in [2.05, 4.69) is 9.46 Å². The van der Waals surface area contributed by atoms with E-state index in [1.807, 2.05) is 6.07 Å². The largest absolute Gasteiger partial charge is 0.465 e. The molecule has 1 atom stereocenters. The lowest BCUT2D eigenvalue weighted by atomic mass is 10.1. The molecule has 0 saturated carbocycles. The molecule has 1 unspecified atom stereocenters. The van der Waals surface area contributed by atoms with Crippen LogP contribution in [0.15, 0.2) is 63.4 Å². The van der Waals surface area contributed by atoms with Gasteiger partial charge in [-0.15, -0.1) is 11.3 Å². The first kappa shape index (κ1) is 19.3. The minimum absolute atomic E-state index is 0.0118. The van der Waals surface area contributed by atoms with Gasteiger partial charge >= 0.3 is 5.97 Å². The van der Waals surface area contributed by atoms with Gasteiger partial charge in [-0.2, -0.15) is 0 Å². The molecule has 2 aromatic heterocycles. The number of sulfonamides is 1. The Morgan fingerprint density at radius 1 is 1.26 bits per heavy atom. The summed E-state index contributed by atoms with van der Waals surface area (Å²) in [6, 6.07) is 11.9. The molecule has 0 aliphatic carbocycles. The minimum Gasteiger partial charge on any atom is -0.465 e. The Balaban J connectivity index is 1.69. The van der Waals surface area contributed by atoms with Crippen molar-refractivity contribution in [1.29, 1.82) is 0 Å². The van der Waals surface area contributed by atoms with E-state index in [0.717, 1.165) is 16.9 Å². The number of thiophene rings is 1. The number of carbonyl (C=O) groups excluding carboxylic acids is 1. The second kappa shape index (κ2) is 8.05. The highest BCUT2D eigenvalue weighted by atomic mass is 32.2. The average molecular weight is 407 g/mol. The van der Waals surface area contributed by atoms with E-state index in [1.165, 1.54) is 18.6 Å². The summed E-state index contributed by atoms with van der Waals surface area (Å²) in [5, 5.41) is 11.8. The monoisotopic (exact) mass is 407 g/mol. The molecule has 0 aliphatic heterocycles. The molecule has 2 heterocycles. The third kappa shape index (κ3) is 4.28. The first-order valence-corrected chi connectivity index (χ1v) is 10.3. The lowest BCUT2D eigenvalue weighted by molar-refractivity contribution is 0.0602. The van der Waals surface area contributed by atoms with Crippen molar-refractivity contribution in [3.8, 4) is 11.3 Å². The Bertz CT molecular complexity index is 1010. The van der Waals surface area contributed by atoms with Crippen molar-refractivity contribution >= 4 is 27.3 Å². The lowest BCUT2D eigenvalue weighted by Crippen LogP contribution is -2.29. The predicted molar refractivity (Wildman–Crippen MR) is 100.0 cm³/mol. The molecule has 0 fully saturated rings. The normalized spacial score (nSPS) is 12.7. The summed E-state index contributed by atoms with van der Waals surface area (Å²) in [6.07, 6.45) is 0.519. The zero-order valence-electron chi connectivity index (χ0n) is 14.3. The van der Waals surface area contributed by atoms with E-state index in [-0.39, 0.29) is 16.3 Å². The van der Waals surface area contributed by atoms with Gasteiger partial charge in [0.15, 0.2) is 0 Å². The van der Waals surface area contributed by atoms with Crippen LogP contribution in [0.4, 0.5) is 0 Å². The highest BCUT2D eigenvalue weighted by Crippen LogP contribution is 2.24. The molecule has 0 bridgehead atoms. The van der Waals surface area contributed by atoms with Crippen LogP contribution in [0.1, 0.15) is 21.3 Å². The van der Waals surface area contributed by atoms with Gasteiger partial charge in [-0.05, 0) is 29.1 Å². The Labute approximate surface area is 160 Å². The van der Waals surface area contributed by atoms with Gasteiger partial charge in [0.05, 0.1) is 19.5 Å².